The van der Waals surface area contributed by atoms with Crippen LogP contribution in [-0.4, -0.2) is 18.5 Å². The molecule has 1 heterocycles. The molecule has 3 N–H and O–H groups in total. The van der Waals surface area contributed by atoms with E-state index in [0.29, 0.717) is 0 Å². The standard InChI is InChI=1S/C16H28N2O/c17-16(19)15-10-9-14(11-12-18-15)8-4-7-13-5-2-1-3-6-13/h8,13,15,18H,1-7,9-12H2,(H2,17,19)/b14-8+. The van der Waals surface area contributed by atoms with Gasteiger partial charge in [0.1, 0.15) is 0 Å². The third-order valence-corrected chi connectivity index (χ3v) is 4.67. The zero-order valence-corrected chi connectivity index (χ0v) is 12.0. The maximum absolute atomic E-state index is 11.2. The number of hydrogen-bond donors (Lipinski definition) is 2. The van der Waals surface area contributed by atoms with Gasteiger partial charge in [0.15, 0.2) is 0 Å². The van der Waals surface area contributed by atoms with E-state index in [1.807, 2.05) is 0 Å². The van der Waals surface area contributed by atoms with E-state index in [1.54, 1.807) is 0 Å². The van der Waals surface area contributed by atoms with Crippen LogP contribution in [0.5, 0.6) is 0 Å². The Kier molecular flexibility index (Phi) is 5.90. The molecule has 19 heavy (non-hydrogen) atoms. The summed E-state index contributed by atoms with van der Waals surface area (Å²) in [5, 5.41) is 3.24. The van der Waals surface area contributed by atoms with Crippen molar-refractivity contribution in [2.75, 3.05) is 6.54 Å². The summed E-state index contributed by atoms with van der Waals surface area (Å²) in [7, 11) is 0. The van der Waals surface area contributed by atoms with Gasteiger partial charge in [0.05, 0.1) is 6.04 Å². The van der Waals surface area contributed by atoms with Crippen LogP contribution in [0.1, 0.15) is 64.2 Å². The summed E-state index contributed by atoms with van der Waals surface area (Å²) in [4.78, 5) is 11.2. The second-order valence-electron chi connectivity index (χ2n) is 6.14. The highest BCUT2D eigenvalue weighted by Gasteiger charge is 2.18. The summed E-state index contributed by atoms with van der Waals surface area (Å²) in [6.45, 7) is 0.892. The molecule has 1 unspecified atom stereocenters. The van der Waals surface area contributed by atoms with E-state index in [-0.39, 0.29) is 11.9 Å². The van der Waals surface area contributed by atoms with Gasteiger partial charge in [-0.2, -0.15) is 0 Å². The summed E-state index contributed by atoms with van der Waals surface area (Å²) < 4.78 is 0. The molecule has 0 aromatic rings. The summed E-state index contributed by atoms with van der Waals surface area (Å²) in [6, 6.07) is -0.121. The molecule has 1 aliphatic carbocycles. The molecular weight excluding hydrogens is 236 g/mol. The highest BCUT2D eigenvalue weighted by molar-refractivity contribution is 5.79. The molecular formula is C16H28N2O. The smallest absolute Gasteiger partial charge is 0.234 e. The maximum Gasteiger partial charge on any atom is 0.234 e. The average Bonchev–Trinajstić information content (AvgIpc) is 2.66. The molecule has 3 nitrogen and oxygen atoms in total. The molecule has 1 amide bonds. The Morgan fingerprint density at radius 3 is 2.74 bits per heavy atom. The molecule has 2 rings (SSSR count). The van der Waals surface area contributed by atoms with E-state index >= 15 is 0 Å². The van der Waals surface area contributed by atoms with Gasteiger partial charge in [0.25, 0.3) is 0 Å². The van der Waals surface area contributed by atoms with E-state index in [9.17, 15) is 4.79 Å². The molecule has 0 radical (unpaired) electrons. The lowest BCUT2D eigenvalue weighted by Gasteiger charge is -2.20. The number of carbonyl (C=O) groups is 1. The van der Waals surface area contributed by atoms with Crippen molar-refractivity contribution in [3.63, 3.8) is 0 Å². The van der Waals surface area contributed by atoms with Gasteiger partial charge in [0, 0.05) is 0 Å². The van der Waals surface area contributed by atoms with Gasteiger partial charge < -0.3 is 11.1 Å². The molecule has 1 atom stereocenters. The van der Waals surface area contributed by atoms with Crippen molar-refractivity contribution in [3.05, 3.63) is 11.6 Å². The van der Waals surface area contributed by atoms with Crippen molar-refractivity contribution in [1.29, 1.82) is 0 Å². The number of amides is 1. The van der Waals surface area contributed by atoms with Crippen LogP contribution in [0.15, 0.2) is 11.6 Å². The van der Waals surface area contributed by atoms with Crippen molar-refractivity contribution in [2.24, 2.45) is 11.7 Å². The minimum atomic E-state index is -0.205. The van der Waals surface area contributed by atoms with E-state index in [4.69, 9.17) is 5.73 Å². The number of nitrogens with one attached hydrogen (secondary N) is 1. The molecule has 1 aliphatic heterocycles. The molecule has 3 heteroatoms. The summed E-state index contributed by atoms with van der Waals surface area (Å²) in [5.74, 6) is 0.760. The first-order valence-electron chi connectivity index (χ1n) is 7.96. The average molecular weight is 264 g/mol. The van der Waals surface area contributed by atoms with Crippen molar-refractivity contribution in [2.45, 2.75) is 70.3 Å². The van der Waals surface area contributed by atoms with E-state index < -0.39 is 0 Å². The minimum absolute atomic E-state index is 0.121. The van der Waals surface area contributed by atoms with Crippen LogP contribution in [0.3, 0.4) is 0 Å². The van der Waals surface area contributed by atoms with Crippen molar-refractivity contribution >= 4 is 5.91 Å². The van der Waals surface area contributed by atoms with Crippen LogP contribution < -0.4 is 11.1 Å². The third-order valence-electron chi connectivity index (χ3n) is 4.67. The summed E-state index contributed by atoms with van der Waals surface area (Å²) >= 11 is 0. The van der Waals surface area contributed by atoms with Crippen LogP contribution in [-0.2, 0) is 4.79 Å². The number of allylic oxidation sites excluding steroid dienone is 1. The lowest BCUT2D eigenvalue weighted by atomic mass is 9.86. The lowest BCUT2D eigenvalue weighted by molar-refractivity contribution is -0.120. The maximum atomic E-state index is 11.2. The third kappa shape index (κ3) is 4.98. The van der Waals surface area contributed by atoms with Gasteiger partial charge in [-0.25, -0.2) is 0 Å². The molecule has 0 aromatic carbocycles. The van der Waals surface area contributed by atoms with Crippen LogP contribution in [0.25, 0.3) is 0 Å². The van der Waals surface area contributed by atoms with Crippen molar-refractivity contribution in [1.82, 2.24) is 5.32 Å². The second kappa shape index (κ2) is 7.68. The molecule has 108 valence electrons. The Morgan fingerprint density at radius 2 is 2.00 bits per heavy atom. The predicted molar refractivity (Wildman–Crippen MR) is 78.7 cm³/mol. The molecule has 0 bridgehead atoms. The van der Waals surface area contributed by atoms with Gasteiger partial charge in [0.2, 0.25) is 5.91 Å². The number of primary amides is 1. The first-order chi connectivity index (χ1) is 9.25. The minimum Gasteiger partial charge on any atom is -0.368 e. The van der Waals surface area contributed by atoms with Crippen molar-refractivity contribution < 1.29 is 4.79 Å². The topological polar surface area (TPSA) is 55.1 Å². The van der Waals surface area contributed by atoms with Gasteiger partial charge in [-0.3, -0.25) is 4.79 Å². The van der Waals surface area contributed by atoms with Gasteiger partial charge >= 0.3 is 0 Å². The Morgan fingerprint density at radius 1 is 1.21 bits per heavy atom. The number of hydrogen-bond acceptors (Lipinski definition) is 2. The van der Waals surface area contributed by atoms with Gasteiger partial charge in [-0.05, 0) is 44.6 Å². The molecule has 2 aliphatic rings. The van der Waals surface area contributed by atoms with Crippen LogP contribution in [0.4, 0.5) is 0 Å². The highest BCUT2D eigenvalue weighted by Crippen LogP contribution is 2.28. The fourth-order valence-corrected chi connectivity index (χ4v) is 3.41. The Hall–Kier alpha value is -0.830. The van der Waals surface area contributed by atoms with Crippen LogP contribution >= 0.6 is 0 Å². The van der Waals surface area contributed by atoms with Crippen LogP contribution in [0, 0.1) is 5.92 Å². The molecule has 0 aromatic heterocycles. The first-order valence-corrected chi connectivity index (χ1v) is 7.96. The Balaban J connectivity index is 1.71. The van der Waals surface area contributed by atoms with E-state index in [0.717, 1.165) is 31.7 Å². The molecule has 1 saturated heterocycles. The number of rotatable bonds is 4. The van der Waals surface area contributed by atoms with E-state index in [2.05, 4.69) is 11.4 Å². The van der Waals surface area contributed by atoms with Gasteiger partial charge in [-0.15, -0.1) is 0 Å². The zero-order valence-electron chi connectivity index (χ0n) is 12.0. The monoisotopic (exact) mass is 264 g/mol. The fraction of sp³-hybridized carbons (Fsp3) is 0.812. The Bertz CT molecular complexity index is 319. The normalized spacial score (nSPS) is 28.2. The summed E-state index contributed by atoms with van der Waals surface area (Å²) in [5.41, 5.74) is 6.88. The first kappa shape index (κ1) is 14.6. The van der Waals surface area contributed by atoms with Gasteiger partial charge in [-0.1, -0.05) is 43.8 Å². The highest BCUT2D eigenvalue weighted by atomic mass is 16.1. The molecule has 1 saturated carbocycles. The number of nitrogens with two attached hydrogens (primary N) is 1. The number of carbonyl (C=O) groups excluding carboxylic acids is 1. The molecule has 0 spiro atoms. The second-order valence-corrected chi connectivity index (χ2v) is 6.14. The quantitative estimate of drug-likeness (QED) is 0.767. The van der Waals surface area contributed by atoms with Crippen molar-refractivity contribution in [3.8, 4) is 0 Å². The fourth-order valence-electron chi connectivity index (χ4n) is 3.41. The summed E-state index contributed by atoms with van der Waals surface area (Å²) in [6.07, 6.45) is 15.2. The molecule has 2 fully saturated rings. The zero-order chi connectivity index (χ0) is 13.5. The van der Waals surface area contributed by atoms with Crippen LogP contribution in [0.2, 0.25) is 0 Å². The lowest BCUT2D eigenvalue weighted by Crippen LogP contribution is -2.40. The SMILES string of the molecule is NC(=O)C1CC/C(=C\CCC2CCCCC2)CCN1. The largest absolute Gasteiger partial charge is 0.368 e. The predicted octanol–water partition coefficient (Wildman–Crippen LogP) is 2.90. The Labute approximate surface area is 117 Å². The van der Waals surface area contributed by atoms with E-state index in [1.165, 1.54) is 50.5 Å².